The molecular weight excluding hydrogens is 200 g/mol. The minimum atomic E-state index is 1.06. The number of benzene rings is 1. The van der Waals surface area contributed by atoms with Gasteiger partial charge in [-0.05, 0) is 12.1 Å². The standard InChI is InChI=1S/C12H16N4/c1-15-9-14-10-3-2-4-11(12(10)15)16-7-5-13-6-8-16/h2-4,9,13H,5-8H2,1H3. The molecule has 1 aliphatic heterocycles. The number of rotatable bonds is 1. The molecule has 1 aromatic carbocycles. The van der Waals surface area contributed by atoms with Gasteiger partial charge in [-0.2, -0.15) is 0 Å². The highest BCUT2D eigenvalue weighted by molar-refractivity contribution is 5.89. The van der Waals surface area contributed by atoms with Crippen molar-refractivity contribution >= 4 is 16.7 Å². The van der Waals surface area contributed by atoms with Crippen LogP contribution in [0.2, 0.25) is 0 Å². The molecule has 0 atom stereocenters. The third kappa shape index (κ3) is 1.46. The quantitative estimate of drug-likeness (QED) is 0.771. The first-order valence-electron chi connectivity index (χ1n) is 5.72. The minimum absolute atomic E-state index is 1.06. The topological polar surface area (TPSA) is 33.1 Å². The number of nitrogens with zero attached hydrogens (tertiary/aromatic N) is 3. The van der Waals surface area contributed by atoms with Crippen molar-refractivity contribution in [2.45, 2.75) is 0 Å². The third-order valence-electron chi connectivity index (χ3n) is 3.17. The Morgan fingerprint density at radius 1 is 1.25 bits per heavy atom. The number of piperazine rings is 1. The molecule has 16 heavy (non-hydrogen) atoms. The Balaban J connectivity index is 2.10. The number of anilines is 1. The number of fused-ring (bicyclic) bond motifs is 1. The number of aryl methyl sites for hydroxylation is 1. The highest BCUT2D eigenvalue weighted by Crippen LogP contribution is 2.25. The molecule has 0 unspecified atom stereocenters. The summed E-state index contributed by atoms with van der Waals surface area (Å²) >= 11 is 0. The summed E-state index contributed by atoms with van der Waals surface area (Å²) < 4.78 is 2.10. The van der Waals surface area contributed by atoms with E-state index in [1.54, 1.807) is 0 Å². The molecule has 0 saturated carbocycles. The van der Waals surface area contributed by atoms with Gasteiger partial charge in [-0.3, -0.25) is 0 Å². The fourth-order valence-corrected chi connectivity index (χ4v) is 2.35. The highest BCUT2D eigenvalue weighted by atomic mass is 15.2. The summed E-state index contributed by atoms with van der Waals surface area (Å²) in [5.41, 5.74) is 3.63. The number of nitrogens with one attached hydrogen (secondary N) is 1. The van der Waals surface area contributed by atoms with E-state index in [0.29, 0.717) is 0 Å². The van der Waals surface area contributed by atoms with Gasteiger partial charge in [0, 0.05) is 33.2 Å². The van der Waals surface area contributed by atoms with E-state index in [1.807, 2.05) is 6.33 Å². The van der Waals surface area contributed by atoms with Crippen LogP contribution in [0.1, 0.15) is 0 Å². The van der Waals surface area contributed by atoms with E-state index in [4.69, 9.17) is 0 Å². The second kappa shape index (κ2) is 3.79. The van der Waals surface area contributed by atoms with Crippen LogP contribution in [0.5, 0.6) is 0 Å². The first-order valence-corrected chi connectivity index (χ1v) is 5.72. The van der Waals surface area contributed by atoms with E-state index < -0.39 is 0 Å². The van der Waals surface area contributed by atoms with Gasteiger partial charge in [0.25, 0.3) is 0 Å². The molecule has 1 aliphatic rings. The third-order valence-corrected chi connectivity index (χ3v) is 3.17. The SMILES string of the molecule is Cn1cnc2cccc(N3CCNCC3)c21. The predicted octanol–water partition coefficient (Wildman–Crippen LogP) is 0.983. The van der Waals surface area contributed by atoms with Gasteiger partial charge < -0.3 is 14.8 Å². The molecule has 1 N–H and O–H groups in total. The van der Waals surface area contributed by atoms with E-state index in [9.17, 15) is 0 Å². The molecule has 84 valence electrons. The van der Waals surface area contributed by atoms with E-state index in [-0.39, 0.29) is 0 Å². The van der Waals surface area contributed by atoms with Gasteiger partial charge in [0.15, 0.2) is 0 Å². The van der Waals surface area contributed by atoms with Gasteiger partial charge in [-0.1, -0.05) is 6.07 Å². The van der Waals surface area contributed by atoms with E-state index in [1.165, 1.54) is 11.2 Å². The summed E-state index contributed by atoms with van der Waals surface area (Å²) in [7, 11) is 2.06. The van der Waals surface area contributed by atoms with Crippen molar-refractivity contribution in [1.82, 2.24) is 14.9 Å². The lowest BCUT2D eigenvalue weighted by atomic mass is 10.2. The van der Waals surface area contributed by atoms with Crippen molar-refractivity contribution in [3.8, 4) is 0 Å². The van der Waals surface area contributed by atoms with Crippen molar-refractivity contribution in [2.24, 2.45) is 7.05 Å². The monoisotopic (exact) mass is 216 g/mol. The summed E-state index contributed by atoms with van der Waals surface area (Å²) in [6.45, 7) is 4.27. The van der Waals surface area contributed by atoms with Crippen LogP contribution in [0, 0.1) is 0 Å². The molecule has 2 aromatic rings. The van der Waals surface area contributed by atoms with Crippen molar-refractivity contribution in [3.63, 3.8) is 0 Å². The molecule has 1 aromatic heterocycles. The molecule has 0 radical (unpaired) electrons. The Morgan fingerprint density at radius 3 is 2.88 bits per heavy atom. The average Bonchev–Trinajstić information content (AvgIpc) is 2.73. The summed E-state index contributed by atoms with van der Waals surface area (Å²) in [6, 6.07) is 6.35. The number of hydrogen-bond donors (Lipinski definition) is 1. The molecule has 0 bridgehead atoms. The molecule has 0 amide bonds. The van der Waals surface area contributed by atoms with E-state index in [0.717, 1.165) is 31.7 Å². The van der Waals surface area contributed by atoms with Gasteiger partial charge in [0.1, 0.15) is 0 Å². The van der Waals surface area contributed by atoms with Crippen molar-refractivity contribution in [3.05, 3.63) is 24.5 Å². The fourth-order valence-electron chi connectivity index (χ4n) is 2.35. The van der Waals surface area contributed by atoms with Gasteiger partial charge in [-0.25, -0.2) is 4.98 Å². The Bertz CT molecular complexity index is 497. The number of para-hydroxylation sites is 1. The van der Waals surface area contributed by atoms with Crippen molar-refractivity contribution in [1.29, 1.82) is 0 Å². The molecule has 0 spiro atoms. The normalized spacial score (nSPS) is 16.9. The zero-order chi connectivity index (χ0) is 11.0. The van der Waals surface area contributed by atoms with Crippen LogP contribution in [0.25, 0.3) is 11.0 Å². The Morgan fingerprint density at radius 2 is 2.06 bits per heavy atom. The Kier molecular flexibility index (Phi) is 2.29. The van der Waals surface area contributed by atoms with Gasteiger partial charge in [-0.15, -0.1) is 0 Å². The van der Waals surface area contributed by atoms with Crippen LogP contribution < -0.4 is 10.2 Å². The van der Waals surface area contributed by atoms with Crippen LogP contribution in [-0.4, -0.2) is 35.7 Å². The second-order valence-corrected chi connectivity index (χ2v) is 4.24. The molecule has 1 saturated heterocycles. The molecule has 4 heteroatoms. The van der Waals surface area contributed by atoms with Crippen molar-refractivity contribution in [2.75, 3.05) is 31.1 Å². The van der Waals surface area contributed by atoms with Gasteiger partial charge >= 0.3 is 0 Å². The first-order chi connectivity index (χ1) is 7.86. The maximum absolute atomic E-state index is 4.39. The minimum Gasteiger partial charge on any atom is -0.367 e. The van der Waals surface area contributed by atoms with E-state index in [2.05, 4.69) is 45.0 Å². The first kappa shape index (κ1) is 9.66. The maximum atomic E-state index is 4.39. The van der Waals surface area contributed by atoms with Crippen LogP contribution in [0.4, 0.5) is 5.69 Å². The smallest absolute Gasteiger partial charge is 0.0956 e. The zero-order valence-corrected chi connectivity index (χ0v) is 9.48. The largest absolute Gasteiger partial charge is 0.367 e. The van der Waals surface area contributed by atoms with Crippen LogP contribution >= 0.6 is 0 Å². The average molecular weight is 216 g/mol. The molecule has 0 aliphatic carbocycles. The lowest BCUT2D eigenvalue weighted by molar-refractivity contribution is 0.590. The molecular formula is C12H16N4. The van der Waals surface area contributed by atoms with E-state index >= 15 is 0 Å². The lowest BCUT2D eigenvalue weighted by Gasteiger charge is -2.30. The zero-order valence-electron chi connectivity index (χ0n) is 9.48. The van der Waals surface area contributed by atoms with Crippen LogP contribution in [0.3, 0.4) is 0 Å². The van der Waals surface area contributed by atoms with Crippen LogP contribution in [-0.2, 0) is 7.05 Å². The van der Waals surface area contributed by atoms with Gasteiger partial charge in [0.05, 0.1) is 23.0 Å². The summed E-state index contributed by atoms with van der Waals surface area (Å²) in [6.07, 6.45) is 1.89. The number of imidazole rings is 1. The summed E-state index contributed by atoms with van der Waals surface area (Å²) in [4.78, 5) is 6.83. The molecule has 3 rings (SSSR count). The lowest BCUT2D eigenvalue weighted by Crippen LogP contribution is -2.43. The summed E-state index contributed by atoms with van der Waals surface area (Å²) in [5, 5.41) is 3.38. The fraction of sp³-hybridized carbons (Fsp3) is 0.417. The molecule has 1 fully saturated rings. The maximum Gasteiger partial charge on any atom is 0.0956 e. The molecule has 4 nitrogen and oxygen atoms in total. The number of hydrogen-bond acceptors (Lipinski definition) is 3. The number of aromatic nitrogens is 2. The van der Waals surface area contributed by atoms with Crippen molar-refractivity contribution < 1.29 is 0 Å². The molecule has 2 heterocycles. The predicted molar refractivity (Wildman–Crippen MR) is 65.8 cm³/mol. The highest BCUT2D eigenvalue weighted by Gasteiger charge is 2.14. The Hall–Kier alpha value is -1.55. The van der Waals surface area contributed by atoms with Crippen LogP contribution in [0.15, 0.2) is 24.5 Å². The summed E-state index contributed by atoms with van der Waals surface area (Å²) in [5.74, 6) is 0. The Labute approximate surface area is 94.9 Å². The van der Waals surface area contributed by atoms with Gasteiger partial charge in [0.2, 0.25) is 0 Å². The second-order valence-electron chi connectivity index (χ2n) is 4.24.